The molecule has 0 amide bonds. The van der Waals surface area contributed by atoms with Gasteiger partial charge in [-0.2, -0.15) is 0 Å². The number of hydrogen-bond donors (Lipinski definition) is 1. The van der Waals surface area contributed by atoms with Gasteiger partial charge in [-0.3, -0.25) is 4.98 Å². The van der Waals surface area contributed by atoms with Crippen LogP contribution in [-0.4, -0.2) is 19.9 Å². The Hall–Kier alpha value is -2.66. The second kappa shape index (κ2) is 5.85. The zero-order valence-electron chi connectivity index (χ0n) is 12.2. The van der Waals surface area contributed by atoms with Gasteiger partial charge >= 0.3 is 0 Å². The lowest BCUT2D eigenvalue weighted by Crippen LogP contribution is -1.94. The molecule has 0 radical (unpaired) electrons. The third-order valence-electron chi connectivity index (χ3n) is 3.64. The number of H-pyrrole nitrogens is 1. The third-order valence-corrected chi connectivity index (χ3v) is 3.86. The smallest absolute Gasteiger partial charge is 0.245 e. The van der Waals surface area contributed by atoms with Gasteiger partial charge in [0.25, 0.3) is 0 Å². The molecule has 0 aliphatic rings. The van der Waals surface area contributed by atoms with Gasteiger partial charge < -0.3 is 9.40 Å². The molecule has 4 aromatic rings. The predicted molar refractivity (Wildman–Crippen MR) is 88.2 cm³/mol. The summed E-state index contributed by atoms with van der Waals surface area (Å²) < 4.78 is 5.93. The van der Waals surface area contributed by atoms with Crippen molar-refractivity contribution in [1.29, 1.82) is 0 Å². The zero-order valence-corrected chi connectivity index (χ0v) is 12.9. The van der Waals surface area contributed by atoms with E-state index in [1.807, 2.05) is 30.3 Å². The van der Waals surface area contributed by atoms with Crippen molar-refractivity contribution < 1.29 is 4.42 Å². The van der Waals surface area contributed by atoms with Crippen molar-refractivity contribution in [3.63, 3.8) is 0 Å². The Kier molecular flexibility index (Phi) is 3.55. The van der Waals surface area contributed by atoms with Crippen LogP contribution < -0.4 is 0 Å². The standard InChI is InChI=1S/C17H13ClN4O/c18-12-7-11(4-5-13-3-1-2-6-20-13)16-14(8-12)22-17(23-16)15-9-19-10-21-15/h1-3,6-10H,4-5H2,(H,19,21). The molecule has 0 aliphatic heterocycles. The quantitative estimate of drug-likeness (QED) is 0.615. The number of nitrogens with one attached hydrogen (secondary N) is 1. The summed E-state index contributed by atoms with van der Waals surface area (Å²) in [4.78, 5) is 15.8. The predicted octanol–water partition coefficient (Wildman–Crippen LogP) is 4.05. The fourth-order valence-electron chi connectivity index (χ4n) is 2.55. The Bertz CT molecular complexity index is 932. The highest BCUT2D eigenvalue weighted by Crippen LogP contribution is 2.29. The van der Waals surface area contributed by atoms with Crippen molar-refractivity contribution in [3.05, 3.63) is 65.3 Å². The second-order valence-electron chi connectivity index (χ2n) is 5.22. The molecule has 0 aliphatic carbocycles. The number of hydrogen-bond acceptors (Lipinski definition) is 4. The summed E-state index contributed by atoms with van der Waals surface area (Å²) in [6, 6.07) is 9.65. The van der Waals surface area contributed by atoms with Crippen LogP contribution in [0.1, 0.15) is 11.3 Å². The highest BCUT2D eigenvalue weighted by molar-refractivity contribution is 6.31. The van der Waals surface area contributed by atoms with Gasteiger partial charge in [0.1, 0.15) is 11.2 Å². The highest BCUT2D eigenvalue weighted by atomic mass is 35.5. The minimum absolute atomic E-state index is 0.513. The van der Waals surface area contributed by atoms with Crippen molar-refractivity contribution in [2.45, 2.75) is 12.8 Å². The summed E-state index contributed by atoms with van der Waals surface area (Å²) >= 11 is 6.22. The number of benzene rings is 1. The topological polar surface area (TPSA) is 67.6 Å². The minimum atomic E-state index is 0.513. The monoisotopic (exact) mass is 324 g/mol. The molecule has 0 saturated carbocycles. The molecule has 4 rings (SSSR count). The Morgan fingerprint density at radius 3 is 2.91 bits per heavy atom. The third kappa shape index (κ3) is 2.83. The Labute approximate surface area is 137 Å². The molecule has 3 aromatic heterocycles. The number of pyridine rings is 1. The molecule has 114 valence electrons. The molecule has 0 bridgehead atoms. The molecule has 0 saturated heterocycles. The SMILES string of the molecule is Clc1cc(CCc2ccccn2)c2oc(-c3cnc[nH]3)nc2c1. The number of imidazole rings is 1. The fourth-order valence-corrected chi connectivity index (χ4v) is 2.78. The van der Waals surface area contributed by atoms with Crippen molar-refractivity contribution in [2.24, 2.45) is 0 Å². The summed E-state index contributed by atoms with van der Waals surface area (Å²) in [7, 11) is 0. The van der Waals surface area contributed by atoms with Crippen molar-refractivity contribution in [1.82, 2.24) is 19.9 Å². The zero-order chi connectivity index (χ0) is 15.6. The van der Waals surface area contributed by atoms with Gasteiger partial charge in [-0.15, -0.1) is 0 Å². The number of aryl methyl sites for hydroxylation is 2. The summed E-state index contributed by atoms with van der Waals surface area (Å²) in [6.07, 6.45) is 6.68. The van der Waals surface area contributed by atoms with E-state index in [1.54, 1.807) is 18.7 Å². The van der Waals surface area contributed by atoms with Crippen molar-refractivity contribution >= 4 is 22.7 Å². The maximum Gasteiger partial charge on any atom is 0.245 e. The number of nitrogens with zero attached hydrogens (tertiary/aromatic N) is 3. The van der Waals surface area contributed by atoms with E-state index in [0.29, 0.717) is 10.9 Å². The van der Waals surface area contributed by atoms with Crippen molar-refractivity contribution in [3.8, 4) is 11.6 Å². The summed E-state index contributed by atoms with van der Waals surface area (Å²) in [5.74, 6) is 0.513. The number of fused-ring (bicyclic) bond motifs is 1. The van der Waals surface area contributed by atoms with Crippen LogP contribution in [-0.2, 0) is 12.8 Å². The molecule has 3 heterocycles. The summed E-state index contributed by atoms with van der Waals surface area (Å²) in [5, 5.41) is 0.651. The Morgan fingerprint density at radius 2 is 2.13 bits per heavy atom. The lowest BCUT2D eigenvalue weighted by Gasteiger charge is -2.03. The first kappa shape index (κ1) is 14.0. The van der Waals surface area contributed by atoms with E-state index < -0.39 is 0 Å². The average molecular weight is 325 g/mol. The minimum Gasteiger partial charge on any atom is -0.434 e. The first-order chi connectivity index (χ1) is 11.3. The van der Waals surface area contributed by atoms with Crippen LogP contribution >= 0.6 is 11.6 Å². The van der Waals surface area contributed by atoms with Gasteiger partial charge in [-0.25, -0.2) is 9.97 Å². The first-order valence-electron chi connectivity index (χ1n) is 7.27. The van der Waals surface area contributed by atoms with E-state index >= 15 is 0 Å². The van der Waals surface area contributed by atoms with Gasteiger partial charge in [-0.1, -0.05) is 17.7 Å². The molecule has 23 heavy (non-hydrogen) atoms. The molecule has 6 heteroatoms. The fraction of sp³-hybridized carbons (Fsp3) is 0.118. The maximum absolute atomic E-state index is 6.22. The molecule has 0 atom stereocenters. The van der Waals surface area contributed by atoms with Crippen LogP contribution in [0.25, 0.3) is 22.7 Å². The van der Waals surface area contributed by atoms with Gasteiger partial charge in [0.05, 0.1) is 12.5 Å². The van der Waals surface area contributed by atoms with E-state index in [-0.39, 0.29) is 0 Å². The molecule has 1 N–H and O–H groups in total. The lowest BCUT2D eigenvalue weighted by atomic mass is 10.1. The van der Waals surface area contributed by atoms with Gasteiger partial charge in [0.15, 0.2) is 5.58 Å². The van der Waals surface area contributed by atoms with Crippen LogP contribution in [0.5, 0.6) is 0 Å². The lowest BCUT2D eigenvalue weighted by molar-refractivity contribution is 0.612. The largest absolute Gasteiger partial charge is 0.434 e. The molecule has 0 unspecified atom stereocenters. The Balaban J connectivity index is 1.70. The number of rotatable bonds is 4. The van der Waals surface area contributed by atoms with Crippen LogP contribution in [0, 0.1) is 0 Å². The molecule has 0 fully saturated rings. The van der Waals surface area contributed by atoms with E-state index in [4.69, 9.17) is 16.0 Å². The summed E-state index contributed by atoms with van der Waals surface area (Å²) in [6.45, 7) is 0. The van der Waals surface area contributed by atoms with E-state index in [0.717, 1.165) is 40.9 Å². The number of oxazole rings is 1. The Morgan fingerprint density at radius 1 is 1.17 bits per heavy atom. The van der Waals surface area contributed by atoms with Crippen LogP contribution in [0.15, 0.2) is 53.5 Å². The first-order valence-corrected chi connectivity index (χ1v) is 7.65. The highest BCUT2D eigenvalue weighted by Gasteiger charge is 2.14. The van der Waals surface area contributed by atoms with Gasteiger partial charge in [0, 0.05) is 16.9 Å². The summed E-state index contributed by atoms with van der Waals surface area (Å²) in [5.41, 5.74) is 4.31. The molecule has 1 aromatic carbocycles. The van der Waals surface area contributed by atoms with E-state index in [2.05, 4.69) is 19.9 Å². The maximum atomic E-state index is 6.22. The average Bonchev–Trinajstić information content (AvgIpc) is 3.22. The normalized spacial score (nSPS) is 11.2. The van der Waals surface area contributed by atoms with E-state index in [1.165, 1.54) is 0 Å². The molecular weight excluding hydrogens is 312 g/mol. The van der Waals surface area contributed by atoms with Crippen LogP contribution in [0.2, 0.25) is 5.02 Å². The van der Waals surface area contributed by atoms with Crippen LogP contribution in [0.3, 0.4) is 0 Å². The number of aromatic nitrogens is 4. The number of halogens is 1. The van der Waals surface area contributed by atoms with Gasteiger partial charge in [0.2, 0.25) is 5.89 Å². The molecule has 5 nitrogen and oxygen atoms in total. The molecule has 0 spiro atoms. The van der Waals surface area contributed by atoms with E-state index in [9.17, 15) is 0 Å². The number of aromatic amines is 1. The molecular formula is C17H13ClN4O. The van der Waals surface area contributed by atoms with Gasteiger partial charge in [-0.05, 0) is 42.7 Å². The van der Waals surface area contributed by atoms with Crippen molar-refractivity contribution in [2.75, 3.05) is 0 Å². The second-order valence-corrected chi connectivity index (χ2v) is 5.65. The van der Waals surface area contributed by atoms with Crippen LogP contribution in [0.4, 0.5) is 0 Å².